The van der Waals surface area contributed by atoms with Gasteiger partial charge in [-0.1, -0.05) is 6.92 Å². The Kier molecular flexibility index (Phi) is 1.53. The van der Waals surface area contributed by atoms with E-state index in [-0.39, 0.29) is 11.7 Å². The van der Waals surface area contributed by atoms with E-state index in [1.807, 2.05) is 0 Å². The summed E-state index contributed by atoms with van der Waals surface area (Å²) in [6, 6.07) is 1.79. The molecule has 64 valence electrons. The molecule has 1 aromatic heterocycles. The van der Waals surface area contributed by atoms with Crippen molar-refractivity contribution in [2.75, 3.05) is 0 Å². The van der Waals surface area contributed by atoms with Crippen molar-refractivity contribution >= 4 is 5.78 Å². The number of hydrogen-bond donors (Lipinski definition) is 0. The molecule has 0 saturated heterocycles. The summed E-state index contributed by atoms with van der Waals surface area (Å²) in [5, 5.41) is 3.97. The van der Waals surface area contributed by atoms with Crippen LogP contribution in [0.15, 0.2) is 12.3 Å². The standard InChI is InChI=1S/C9H12N2O/c1-6-5-7(6)9(12)8-3-4-10-11(8)2/h3-4,6-7H,5H2,1-2H3. The molecule has 2 unspecified atom stereocenters. The molecule has 1 fully saturated rings. The fraction of sp³-hybridized carbons (Fsp3) is 0.556. The molecule has 0 amide bonds. The van der Waals surface area contributed by atoms with Crippen molar-refractivity contribution in [2.45, 2.75) is 13.3 Å². The summed E-state index contributed by atoms with van der Waals surface area (Å²) in [5.41, 5.74) is 0.740. The van der Waals surface area contributed by atoms with Crippen LogP contribution >= 0.6 is 0 Å². The first kappa shape index (κ1) is 7.53. The molecular formula is C9H12N2O. The zero-order valence-corrected chi connectivity index (χ0v) is 7.32. The third-order valence-corrected chi connectivity index (χ3v) is 2.52. The van der Waals surface area contributed by atoms with Gasteiger partial charge in [-0.3, -0.25) is 9.48 Å². The lowest BCUT2D eigenvalue weighted by atomic mass is 10.2. The van der Waals surface area contributed by atoms with Crippen LogP contribution in [-0.2, 0) is 7.05 Å². The largest absolute Gasteiger partial charge is 0.292 e. The Bertz CT molecular complexity index is 316. The van der Waals surface area contributed by atoms with E-state index in [0.717, 1.165) is 12.1 Å². The number of aryl methyl sites for hydroxylation is 1. The Balaban J connectivity index is 2.20. The highest BCUT2D eigenvalue weighted by Gasteiger charge is 2.40. The van der Waals surface area contributed by atoms with E-state index in [2.05, 4.69) is 12.0 Å². The van der Waals surface area contributed by atoms with E-state index in [1.165, 1.54) is 0 Å². The molecular weight excluding hydrogens is 152 g/mol. The SMILES string of the molecule is CC1CC1C(=O)c1ccnn1C. The summed E-state index contributed by atoms with van der Waals surface area (Å²) in [6.07, 6.45) is 2.71. The summed E-state index contributed by atoms with van der Waals surface area (Å²) in [5.74, 6) is 1.09. The highest BCUT2D eigenvalue weighted by atomic mass is 16.1. The first-order valence-electron chi connectivity index (χ1n) is 4.22. The van der Waals surface area contributed by atoms with Gasteiger partial charge in [0.15, 0.2) is 5.78 Å². The lowest BCUT2D eigenvalue weighted by molar-refractivity contribution is 0.0953. The van der Waals surface area contributed by atoms with Gasteiger partial charge in [0.2, 0.25) is 0 Å². The van der Waals surface area contributed by atoms with Gasteiger partial charge in [0.25, 0.3) is 0 Å². The number of carbonyl (C=O) groups is 1. The average molecular weight is 164 g/mol. The number of aromatic nitrogens is 2. The van der Waals surface area contributed by atoms with Crippen LogP contribution in [0.4, 0.5) is 0 Å². The monoisotopic (exact) mass is 164 g/mol. The highest BCUT2D eigenvalue weighted by Crippen LogP contribution is 2.39. The van der Waals surface area contributed by atoms with Gasteiger partial charge in [-0.15, -0.1) is 0 Å². The smallest absolute Gasteiger partial charge is 0.184 e. The maximum atomic E-state index is 11.6. The molecule has 2 rings (SSSR count). The number of rotatable bonds is 2. The third-order valence-electron chi connectivity index (χ3n) is 2.52. The Morgan fingerprint density at radius 1 is 1.75 bits per heavy atom. The predicted octanol–water partition coefficient (Wildman–Crippen LogP) is 1.26. The maximum Gasteiger partial charge on any atom is 0.184 e. The summed E-state index contributed by atoms with van der Waals surface area (Å²) in [4.78, 5) is 11.6. The van der Waals surface area contributed by atoms with Crippen LogP contribution in [0, 0.1) is 11.8 Å². The summed E-state index contributed by atoms with van der Waals surface area (Å²) in [6.45, 7) is 2.11. The molecule has 0 aromatic carbocycles. The molecule has 0 spiro atoms. The molecule has 0 aliphatic heterocycles. The molecule has 0 bridgehead atoms. The van der Waals surface area contributed by atoms with Crippen LogP contribution in [0.25, 0.3) is 0 Å². The van der Waals surface area contributed by atoms with Crippen molar-refractivity contribution in [1.82, 2.24) is 9.78 Å². The second kappa shape index (κ2) is 2.44. The third kappa shape index (κ3) is 1.05. The van der Waals surface area contributed by atoms with Crippen LogP contribution in [0.5, 0.6) is 0 Å². The van der Waals surface area contributed by atoms with Crippen LogP contribution in [0.1, 0.15) is 23.8 Å². The minimum atomic E-state index is 0.252. The predicted molar refractivity (Wildman–Crippen MR) is 44.8 cm³/mol. The molecule has 1 aliphatic rings. The molecule has 0 N–H and O–H groups in total. The zero-order valence-electron chi connectivity index (χ0n) is 7.32. The van der Waals surface area contributed by atoms with Gasteiger partial charge in [-0.2, -0.15) is 5.10 Å². The zero-order chi connectivity index (χ0) is 8.72. The van der Waals surface area contributed by atoms with E-state index >= 15 is 0 Å². The number of ketones is 1. The molecule has 1 saturated carbocycles. The van der Waals surface area contributed by atoms with E-state index < -0.39 is 0 Å². The van der Waals surface area contributed by atoms with Gasteiger partial charge < -0.3 is 0 Å². The lowest BCUT2D eigenvalue weighted by Gasteiger charge is -1.98. The van der Waals surface area contributed by atoms with Crippen molar-refractivity contribution in [3.8, 4) is 0 Å². The van der Waals surface area contributed by atoms with E-state index in [1.54, 1.807) is 24.0 Å². The molecule has 0 radical (unpaired) electrons. The number of hydrogen-bond acceptors (Lipinski definition) is 2. The van der Waals surface area contributed by atoms with Crippen molar-refractivity contribution < 1.29 is 4.79 Å². The summed E-state index contributed by atoms with van der Waals surface area (Å²) < 4.78 is 1.65. The Morgan fingerprint density at radius 2 is 2.42 bits per heavy atom. The van der Waals surface area contributed by atoms with Crippen molar-refractivity contribution in [1.29, 1.82) is 0 Å². The number of carbonyl (C=O) groups excluding carboxylic acids is 1. The number of Topliss-reactive ketones (excluding diaryl/α,β-unsaturated/α-hetero) is 1. The fourth-order valence-corrected chi connectivity index (χ4v) is 1.49. The van der Waals surface area contributed by atoms with E-state index in [9.17, 15) is 4.79 Å². The van der Waals surface area contributed by atoms with E-state index in [0.29, 0.717) is 5.92 Å². The van der Waals surface area contributed by atoms with Gasteiger partial charge in [0.1, 0.15) is 5.69 Å². The molecule has 1 heterocycles. The second-order valence-corrected chi connectivity index (χ2v) is 3.52. The van der Waals surface area contributed by atoms with Crippen molar-refractivity contribution in [2.24, 2.45) is 18.9 Å². The summed E-state index contributed by atoms with van der Waals surface area (Å²) in [7, 11) is 1.81. The minimum absolute atomic E-state index is 0.252. The second-order valence-electron chi connectivity index (χ2n) is 3.52. The van der Waals surface area contributed by atoms with Gasteiger partial charge >= 0.3 is 0 Å². The first-order valence-corrected chi connectivity index (χ1v) is 4.22. The Labute approximate surface area is 71.4 Å². The Hall–Kier alpha value is -1.12. The summed E-state index contributed by atoms with van der Waals surface area (Å²) >= 11 is 0. The lowest BCUT2D eigenvalue weighted by Crippen LogP contribution is -2.09. The normalized spacial score (nSPS) is 27.2. The quantitative estimate of drug-likeness (QED) is 0.617. The molecule has 1 aliphatic carbocycles. The molecule has 3 nitrogen and oxygen atoms in total. The molecule has 3 heteroatoms. The van der Waals surface area contributed by atoms with Gasteiger partial charge in [-0.25, -0.2) is 0 Å². The maximum absolute atomic E-state index is 11.6. The van der Waals surface area contributed by atoms with Crippen LogP contribution < -0.4 is 0 Å². The van der Waals surface area contributed by atoms with Crippen LogP contribution in [0.3, 0.4) is 0 Å². The molecule has 1 aromatic rings. The van der Waals surface area contributed by atoms with Crippen LogP contribution in [-0.4, -0.2) is 15.6 Å². The molecule has 2 atom stereocenters. The highest BCUT2D eigenvalue weighted by molar-refractivity contribution is 5.98. The van der Waals surface area contributed by atoms with Gasteiger partial charge in [-0.05, 0) is 18.4 Å². The van der Waals surface area contributed by atoms with Crippen molar-refractivity contribution in [3.63, 3.8) is 0 Å². The van der Waals surface area contributed by atoms with Gasteiger partial charge in [0.05, 0.1) is 0 Å². The fourth-order valence-electron chi connectivity index (χ4n) is 1.49. The van der Waals surface area contributed by atoms with Crippen molar-refractivity contribution in [3.05, 3.63) is 18.0 Å². The van der Waals surface area contributed by atoms with E-state index in [4.69, 9.17) is 0 Å². The topological polar surface area (TPSA) is 34.9 Å². The van der Waals surface area contributed by atoms with Crippen LogP contribution in [0.2, 0.25) is 0 Å². The number of nitrogens with zero attached hydrogens (tertiary/aromatic N) is 2. The Morgan fingerprint density at radius 3 is 2.83 bits per heavy atom. The first-order chi connectivity index (χ1) is 5.70. The van der Waals surface area contributed by atoms with Gasteiger partial charge in [0, 0.05) is 19.2 Å². The molecule has 12 heavy (non-hydrogen) atoms. The minimum Gasteiger partial charge on any atom is -0.292 e. The average Bonchev–Trinajstić information content (AvgIpc) is 2.59.